The lowest BCUT2D eigenvalue weighted by Gasteiger charge is -2.35. The van der Waals surface area contributed by atoms with Crippen molar-refractivity contribution in [3.8, 4) is 0 Å². The first kappa shape index (κ1) is 11.2. The maximum Gasteiger partial charge on any atom is 0.140 e. The summed E-state index contributed by atoms with van der Waals surface area (Å²) in [5.41, 5.74) is 6.02. The zero-order valence-electron chi connectivity index (χ0n) is 10.4. The monoisotopic (exact) mass is 236 g/mol. The van der Waals surface area contributed by atoms with Crippen LogP contribution in [0.1, 0.15) is 43.4 Å². The van der Waals surface area contributed by atoms with Crippen LogP contribution in [0.25, 0.3) is 0 Å². The van der Waals surface area contributed by atoms with Crippen LogP contribution in [0.5, 0.6) is 0 Å². The van der Waals surface area contributed by atoms with E-state index in [9.17, 15) is 0 Å². The summed E-state index contributed by atoms with van der Waals surface area (Å²) in [7, 11) is 0. The number of hydrogen-bond donors (Lipinski definition) is 1. The summed E-state index contributed by atoms with van der Waals surface area (Å²) in [5.74, 6) is 2.13. The van der Waals surface area contributed by atoms with E-state index >= 15 is 0 Å². The van der Waals surface area contributed by atoms with Gasteiger partial charge in [-0.1, -0.05) is 0 Å². The van der Waals surface area contributed by atoms with Crippen molar-refractivity contribution >= 4 is 0 Å². The Bertz CT molecular complexity index is 405. The maximum absolute atomic E-state index is 6.03. The van der Waals surface area contributed by atoms with Crippen LogP contribution in [-0.4, -0.2) is 34.5 Å². The minimum absolute atomic E-state index is 0.0118. The fraction of sp³-hybridized carbons (Fsp3) is 0.833. The first-order valence-electron chi connectivity index (χ1n) is 6.47. The van der Waals surface area contributed by atoms with Gasteiger partial charge < -0.3 is 15.0 Å². The van der Waals surface area contributed by atoms with Crippen LogP contribution in [-0.2, 0) is 10.2 Å². The molecule has 0 radical (unpaired) electrons. The molecule has 1 saturated carbocycles. The lowest BCUT2D eigenvalue weighted by molar-refractivity contribution is 0.0485. The molecule has 2 N–H and O–H groups in total. The van der Waals surface area contributed by atoms with Gasteiger partial charge in [0.25, 0.3) is 0 Å². The molecule has 0 atom stereocenters. The van der Waals surface area contributed by atoms with Crippen molar-refractivity contribution in [3.63, 3.8) is 0 Å². The van der Waals surface area contributed by atoms with Gasteiger partial charge in [0.1, 0.15) is 11.6 Å². The first-order chi connectivity index (χ1) is 8.27. The molecule has 1 saturated heterocycles. The molecule has 1 aliphatic carbocycles. The van der Waals surface area contributed by atoms with Crippen molar-refractivity contribution in [3.05, 3.63) is 11.6 Å². The van der Waals surface area contributed by atoms with Crippen molar-refractivity contribution in [2.75, 3.05) is 19.8 Å². The molecule has 2 heterocycles. The fourth-order valence-electron chi connectivity index (χ4n) is 2.78. The van der Waals surface area contributed by atoms with Gasteiger partial charge in [0.2, 0.25) is 0 Å². The number of aromatic nitrogens is 3. The maximum atomic E-state index is 6.03. The molecule has 1 aliphatic heterocycles. The van der Waals surface area contributed by atoms with Crippen molar-refractivity contribution in [2.24, 2.45) is 5.73 Å². The molecule has 0 bridgehead atoms. The zero-order chi connectivity index (χ0) is 11.9. The Morgan fingerprint density at radius 3 is 2.65 bits per heavy atom. The molecule has 1 aromatic heterocycles. The van der Waals surface area contributed by atoms with Gasteiger partial charge in [-0.15, -0.1) is 10.2 Å². The molecule has 17 heavy (non-hydrogen) atoms. The Balaban J connectivity index is 2.00. The van der Waals surface area contributed by atoms with Gasteiger partial charge in [-0.05, 0) is 32.6 Å². The third-order valence-corrected chi connectivity index (χ3v) is 4.09. The van der Waals surface area contributed by atoms with Gasteiger partial charge in [-0.25, -0.2) is 0 Å². The predicted octanol–water partition coefficient (Wildman–Crippen LogP) is 0.928. The van der Waals surface area contributed by atoms with E-state index in [1.54, 1.807) is 0 Å². The average molecular weight is 236 g/mol. The molecule has 3 rings (SSSR count). The molecule has 0 unspecified atom stereocenters. The normalized spacial score (nSPS) is 23.9. The highest BCUT2D eigenvalue weighted by atomic mass is 16.5. The fourth-order valence-corrected chi connectivity index (χ4v) is 2.78. The van der Waals surface area contributed by atoms with Gasteiger partial charge in [-0.2, -0.15) is 0 Å². The SMILES string of the molecule is Cc1nnc(C2(CN)CCOCC2)n1C1CC1. The van der Waals surface area contributed by atoms with Crippen LogP contribution in [0.15, 0.2) is 0 Å². The minimum Gasteiger partial charge on any atom is -0.381 e. The Labute approximate surface area is 101 Å². The molecule has 0 amide bonds. The summed E-state index contributed by atoms with van der Waals surface area (Å²) >= 11 is 0. The summed E-state index contributed by atoms with van der Waals surface area (Å²) in [5, 5.41) is 8.68. The number of aryl methyl sites for hydroxylation is 1. The van der Waals surface area contributed by atoms with Crippen molar-refractivity contribution in [1.82, 2.24) is 14.8 Å². The summed E-state index contributed by atoms with van der Waals surface area (Å²) in [6.07, 6.45) is 4.44. The molecule has 94 valence electrons. The van der Waals surface area contributed by atoms with Gasteiger partial charge in [0.15, 0.2) is 0 Å². The summed E-state index contributed by atoms with van der Waals surface area (Å²) < 4.78 is 7.78. The van der Waals surface area contributed by atoms with Crippen LogP contribution >= 0.6 is 0 Å². The van der Waals surface area contributed by atoms with E-state index in [4.69, 9.17) is 10.5 Å². The van der Waals surface area contributed by atoms with Crippen LogP contribution < -0.4 is 5.73 Å². The average Bonchev–Trinajstić information content (AvgIpc) is 3.13. The van der Waals surface area contributed by atoms with E-state index in [1.165, 1.54) is 12.8 Å². The molecule has 0 aromatic carbocycles. The standard InChI is InChI=1S/C12H20N4O/c1-9-14-15-11(16(9)10-2-3-10)12(8-13)4-6-17-7-5-12/h10H,2-8,13H2,1H3. The Kier molecular flexibility index (Phi) is 2.67. The molecular formula is C12H20N4O. The molecule has 0 spiro atoms. The third-order valence-electron chi connectivity index (χ3n) is 4.09. The predicted molar refractivity (Wildman–Crippen MR) is 63.8 cm³/mol. The van der Waals surface area contributed by atoms with E-state index < -0.39 is 0 Å². The number of ether oxygens (including phenoxy) is 1. The molecule has 2 fully saturated rings. The quantitative estimate of drug-likeness (QED) is 0.847. The Morgan fingerprint density at radius 1 is 1.35 bits per heavy atom. The van der Waals surface area contributed by atoms with Crippen molar-refractivity contribution in [1.29, 1.82) is 0 Å². The van der Waals surface area contributed by atoms with E-state index in [2.05, 4.69) is 14.8 Å². The van der Waals surface area contributed by atoms with Crippen LogP contribution in [0.2, 0.25) is 0 Å². The number of rotatable bonds is 3. The number of nitrogens with two attached hydrogens (primary N) is 1. The summed E-state index contributed by atoms with van der Waals surface area (Å²) in [6, 6.07) is 0.617. The second-order valence-electron chi connectivity index (χ2n) is 5.27. The molecule has 5 heteroatoms. The van der Waals surface area contributed by atoms with Crippen molar-refractivity contribution < 1.29 is 4.74 Å². The Morgan fingerprint density at radius 2 is 2.06 bits per heavy atom. The molecular weight excluding hydrogens is 216 g/mol. The second-order valence-corrected chi connectivity index (χ2v) is 5.27. The highest BCUT2D eigenvalue weighted by Gasteiger charge is 2.41. The van der Waals surface area contributed by atoms with E-state index in [1.807, 2.05) is 6.92 Å². The summed E-state index contributed by atoms with van der Waals surface area (Å²) in [6.45, 7) is 4.25. The lowest BCUT2D eigenvalue weighted by atomic mass is 9.79. The van der Waals surface area contributed by atoms with Gasteiger partial charge >= 0.3 is 0 Å². The second kappa shape index (κ2) is 4.07. The topological polar surface area (TPSA) is 66.0 Å². The van der Waals surface area contributed by atoms with Crippen LogP contribution in [0, 0.1) is 6.92 Å². The minimum atomic E-state index is -0.0118. The summed E-state index contributed by atoms with van der Waals surface area (Å²) in [4.78, 5) is 0. The highest BCUT2D eigenvalue weighted by Crippen LogP contribution is 2.41. The number of nitrogens with zero attached hydrogens (tertiary/aromatic N) is 3. The third kappa shape index (κ3) is 1.77. The Hall–Kier alpha value is -0.940. The van der Waals surface area contributed by atoms with E-state index in [0.29, 0.717) is 12.6 Å². The number of hydrogen-bond acceptors (Lipinski definition) is 4. The first-order valence-corrected chi connectivity index (χ1v) is 6.47. The molecule has 1 aromatic rings. The zero-order valence-corrected chi connectivity index (χ0v) is 10.4. The van der Waals surface area contributed by atoms with Crippen LogP contribution in [0.3, 0.4) is 0 Å². The molecule has 2 aliphatic rings. The lowest BCUT2D eigenvalue weighted by Crippen LogP contribution is -2.42. The highest BCUT2D eigenvalue weighted by molar-refractivity contribution is 5.15. The smallest absolute Gasteiger partial charge is 0.140 e. The molecule has 5 nitrogen and oxygen atoms in total. The van der Waals surface area contributed by atoms with Gasteiger partial charge in [0.05, 0.1) is 0 Å². The van der Waals surface area contributed by atoms with Crippen molar-refractivity contribution in [2.45, 2.75) is 44.1 Å². The van der Waals surface area contributed by atoms with Gasteiger partial charge in [0, 0.05) is 31.2 Å². The largest absolute Gasteiger partial charge is 0.381 e. The van der Waals surface area contributed by atoms with E-state index in [0.717, 1.165) is 37.7 Å². The van der Waals surface area contributed by atoms with E-state index in [-0.39, 0.29) is 5.41 Å². The van der Waals surface area contributed by atoms with Crippen LogP contribution in [0.4, 0.5) is 0 Å². The van der Waals surface area contributed by atoms with Gasteiger partial charge in [-0.3, -0.25) is 0 Å².